The number of hydrogen-bond acceptors (Lipinski definition) is 5. The van der Waals surface area contributed by atoms with Crippen molar-refractivity contribution in [2.45, 2.75) is 36.1 Å². The van der Waals surface area contributed by atoms with Gasteiger partial charge in [0.05, 0.1) is 4.90 Å². The quantitative estimate of drug-likeness (QED) is 0.536. The first kappa shape index (κ1) is 21.1. The van der Waals surface area contributed by atoms with E-state index >= 15 is 0 Å². The number of nitrogens with zero attached hydrogens (tertiary/aromatic N) is 1. The minimum Gasteiger partial charge on any atom is -0.326 e. The molecule has 3 atom stereocenters. The summed E-state index contributed by atoms with van der Waals surface area (Å²) in [6, 6.07) is 14.5. The molecule has 1 aromatic heterocycles. The maximum Gasteiger partial charge on any atom is 0.240 e. The van der Waals surface area contributed by atoms with Crippen LogP contribution >= 0.6 is 0 Å². The lowest BCUT2D eigenvalue weighted by molar-refractivity contribution is -0.117. The number of hydrogen-bond donors (Lipinski definition) is 3. The number of pyridine rings is 1. The molecular weight excluding hydrogens is 424 g/mol. The molecule has 2 aliphatic rings. The summed E-state index contributed by atoms with van der Waals surface area (Å²) in [6.07, 6.45) is 6.10. The monoisotopic (exact) mass is 450 g/mol. The first-order valence-electron chi connectivity index (χ1n) is 11.0. The van der Waals surface area contributed by atoms with E-state index in [1.807, 2.05) is 36.4 Å². The van der Waals surface area contributed by atoms with Crippen LogP contribution in [0.5, 0.6) is 0 Å². The second kappa shape index (κ2) is 8.61. The van der Waals surface area contributed by atoms with E-state index in [0.717, 1.165) is 47.8 Å². The highest BCUT2D eigenvalue weighted by Gasteiger charge is 2.44. The molecule has 32 heavy (non-hydrogen) atoms. The van der Waals surface area contributed by atoms with Crippen molar-refractivity contribution in [1.82, 2.24) is 15.0 Å². The number of piperidine rings is 1. The maximum absolute atomic E-state index is 12.7. The zero-order chi connectivity index (χ0) is 22.1. The minimum absolute atomic E-state index is 0.00781. The van der Waals surface area contributed by atoms with Gasteiger partial charge >= 0.3 is 0 Å². The molecule has 166 valence electrons. The van der Waals surface area contributed by atoms with Crippen molar-refractivity contribution in [2.24, 2.45) is 5.92 Å². The van der Waals surface area contributed by atoms with E-state index in [9.17, 15) is 13.2 Å². The highest BCUT2D eigenvalue weighted by molar-refractivity contribution is 7.89. The Kier molecular flexibility index (Phi) is 5.67. The molecule has 2 fully saturated rings. The van der Waals surface area contributed by atoms with Gasteiger partial charge in [-0.05, 0) is 73.0 Å². The molecule has 1 aliphatic heterocycles. The van der Waals surface area contributed by atoms with E-state index in [1.165, 1.54) is 0 Å². The molecule has 3 N–H and O–H groups in total. The van der Waals surface area contributed by atoms with Gasteiger partial charge in [-0.3, -0.25) is 9.78 Å². The molecule has 3 aromatic rings. The topological polar surface area (TPSA) is 100 Å². The van der Waals surface area contributed by atoms with E-state index in [0.29, 0.717) is 6.54 Å². The van der Waals surface area contributed by atoms with E-state index < -0.39 is 10.0 Å². The van der Waals surface area contributed by atoms with Crippen molar-refractivity contribution in [1.29, 1.82) is 0 Å². The fourth-order valence-corrected chi connectivity index (χ4v) is 5.65. The number of amides is 1. The van der Waals surface area contributed by atoms with Gasteiger partial charge in [0.25, 0.3) is 0 Å². The number of carbonyl (C=O) groups excluding carboxylic acids is 1. The van der Waals surface area contributed by atoms with Crippen molar-refractivity contribution < 1.29 is 13.2 Å². The van der Waals surface area contributed by atoms with Crippen LogP contribution in [-0.4, -0.2) is 38.4 Å². The lowest BCUT2D eigenvalue weighted by Gasteiger charge is -2.23. The van der Waals surface area contributed by atoms with Gasteiger partial charge in [-0.2, -0.15) is 0 Å². The molecule has 2 heterocycles. The third-order valence-corrected chi connectivity index (χ3v) is 7.81. The van der Waals surface area contributed by atoms with Crippen LogP contribution in [0.1, 0.15) is 30.7 Å². The number of nitrogens with one attached hydrogen (secondary N) is 3. The molecule has 3 unspecified atom stereocenters. The Morgan fingerprint density at radius 3 is 2.69 bits per heavy atom. The van der Waals surface area contributed by atoms with Gasteiger partial charge in [-0.1, -0.05) is 18.2 Å². The molecule has 1 amide bonds. The lowest BCUT2D eigenvalue weighted by Crippen LogP contribution is -2.45. The minimum atomic E-state index is -3.54. The summed E-state index contributed by atoms with van der Waals surface area (Å²) in [5, 5.41) is 8.27. The summed E-state index contributed by atoms with van der Waals surface area (Å²) in [5.74, 6) is 0.00974. The first-order chi connectivity index (χ1) is 15.5. The van der Waals surface area contributed by atoms with Crippen LogP contribution < -0.4 is 15.4 Å². The number of rotatable bonds is 6. The van der Waals surface area contributed by atoms with Crippen molar-refractivity contribution in [3.8, 4) is 0 Å². The van der Waals surface area contributed by atoms with E-state index in [2.05, 4.69) is 20.3 Å². The van der Waals surface area contributed by atoms with Crippen molar-refractivity contribution in [3.05, 3.63) is 66.5 Å². The van der Waals surface area contributed by atoms with Crippen LogP contribution in [0.15, 0.2) is 65.8 Å². The van der Waals surface area contributed by atoms with Gasteiger partial charge in [0.1, 0.15) is 0 Å². The average molecular weight is 451 g/mol. The number of fused-ring (bicyclic) bond motifs is 1. The van der Waals surface area contributed by atoms with E-state index in [1.54, 1.807) is 24.5 Å². The molecule has 1 saturated heterocycles. The summed E-state index contributed by atoms with van der Waals surface area (Å²) < 4.78 is 28.1. The summed E-state index contributed by atoms with van der Waals surface area (Å²) in [6.45, 7) is 1.59. The number of carbonyl (C=O) groups is 1. The van der Waals surface area contributed by atoms with E-state index in [-0.39, 0.29) is 28.7 Å². The van der Waals surface area contributed by atoms with Crippen LogP contribution in [0.3, 0.4) is 0 Å². The molecule has 1 aliphatic carbocycles. The standard InChI is InChI=1S/C24H26N4O3S/c29-24(27-19-6-3-18-14-26-11-9-17(18)12-19)23-13-22(23)16-4-7-21(8-5-16)32(30,31)28-20-2-1-10-25-15-20/h3-9,11-12,14,20,22-23,25,28H,1-2,10,13,15H2,(H,27,29). The highest BCUT2D eigenvalue weighted by Crippen LogP contribution is 2.48. The average Bonchev–Trinajstić information content (AvgIpc) is 3.61. The zero-order valence-corrected chi connectivity index (χ0v) is 18.4. The summed E-state index contributed by atoms with van der Waals surface area (Å²) in [5.41, 5.74) is 1.76. The Hall–Kier alpha value is -2.81. The molecule has 1 saturated carbocycles. The van der Waals surface area contributed by atoms with Crippen LogP contribution in [0.25, 0.3) is 10.8 Å². The Bertz CT molecular complexity index is 1240. The third-order valence-electron chi connectivity index (χ3n) is 6.27. The normalized spacial score (nSPS) is 23.1. The Labute approximate surface area is 187 Å². The predicted octanol–water partition coefficient (Wildman–Crippen LogP) is 3.01. The Morgan fingerprint density at radius 1 is 1.06 bits per heavy atom. The zero-order valence-electron chi connectivity index (χ0n) is 17.6. The molecule has 5 rings (SSSR count). The maximum atomic E-state index is 12.7. The SMILES string of the molecule is O=C(Nc1ccc2cnccc2c1)C1CC1c1ccc(S(=O)(=O)NC2CCCNC2)cc1. The smallest absolute Gasteiger partial charge is 0.240 e. The Balaban J connectivity index is 1.21. The van der Waals surface area contributed by atoms with Gasteiger partial charge in [0.2, 0.25) is 15.9 Å². The highest BCUT2D eigenvalue weighted by atomic mass is 32.2. The van der Waals surface area contributed by atoms with Gasteiger partial charge < -0.3 is 10.6 Å². The van der Waals surface area contributed by atoms with E-state index in [4.69, 9.17) is 0 Å². The largest absolute Gasteiger partial charge is 0.326 e. The molecule has 7 nitrogen and oxygen atoms in total. The fourth-order valence-electron chi connectivity index (χ4n) is 4.38. The molecule has 0 radical (unpaired) electrons. The number of anilines is 1. The third kappa shape index (κ3) is 4.53. The van der Waals surface area contributed by atoms with Crippen molar-refractivity contribution in [2.75, 3.05) is 18.4 Å². The molecule has 0 spiro atoms. The molecular formula is C24H26N4O3S. The summed E-state index contributed by atoms with van der Waals surface area (Å²) in [4.78, 5) is 17.1. The Morgan fingerprint density at radius 2 is 1.91 bits per heavy atom. The summed E-state index contributed by atoms with van der Waals surface area (Å²) in [7, 11) is -3.54. The molecule has 8 heteroatoms. The molecule has 0 bridgehead atoms. The molecule has 2 aromatic carbocycles. The van der Waals surface area contributed by atoms with Crippen LogP contribution in [0.4, 0.5) is 5.69 Å². The van der Waals surface area contributed by atoms with Gasteiger partial charge in [0.15, 0.2) is 0 Å². The number of aromatic nitrogens is 1. The second-order valence-electron chi connectivity index (χ2n) is 8.61. The second-order valence-corrected chi connectivity index (χ2v) is 10.3. The number of benzene rings is 2. The lowest BCUT2D eigenvalue weighted by atomic mass is 10.1. The van der Waals surface area contributed by atoms with Gasteiger partial charge in [-0.25, -0.2) is 13.1 Å². The van der Waals surface area contributed by atoms with Crippen molar-refractivity contribution >= 4 is 32.4 Å². The van der Waals surface area contributed by atoms with Crippen molar-refractivity contribution in [3.63, 3.8) is 0 Å². The van der Waals surface area contributed by atoms with Crippen LogP contribution in [0, 0.1) is 5.92 Å². The summed E-state index contributed by atoms with van der Waals surface area (Å²) >= 11 is 0. The fraction of sp³-hybridized carbons (Fsp3) is 0.333. The van der Waals surface area contributed by atoms with Crippen LogP contribution in [0.2, 0.25) is 0 Å². The van der Waals surface area contributed by atoms with Gasteiger partial charge in [0, 0.05) is 42.0 Å². The first-order valence-corrected chi connectivity index (χ1v) is 12.5. The van der Waals surface area contributed by atoms with Gasteiger partial charge in [-0.15, -0.1) is 0 Å². The van der Waals surface area contributed by atoms with Crippen LogP contribution in [-0.2, 0) is 14.8 Å². The predicted molar refractivity (Wildman–Crippen MR) is 124 cm³/mol. The number of sulfonamides is 1.